The zero-order valence-electron chi connectivity index (χ0n) is 7.71. The smallest absolute Gasteiger partial charge is 0.440 e. The van der Waals surface area contributed by atoms with E-state index in [0.717, 1.165) is 0 Å². The van der Waals surface area contributed by atoms with Gasteiger partial charge in [-0.25, -0.2) is 4.98 Å². The Morgan fingerprint density at radius 3 is 2.75 bits per heavy atom. The van der Waals surface area contributed by atoms with Gasteiger partial charge in [-0.1, -0.05) is 15.9 Å². The summed E-state index contributed by atoms with van der Waals surface area (Å²) in [6, 6.07) is 4.22. The molecular formula is C9H5BrF3NOS. The Morgan fingerprint density at radius 2 is 2.12 bits per heavy atom. The standard InChI is InChI=1S/C9H5BrF3NOS/c10-4-8-14-6-3-5(16-9(11,12)13)1-2-7(6)15-8/h1-3H,4H2. The summed E-state index contributed by atoms with van der Waals surface area (Å²) in [4.78, 5) is 4.13. The molecule has 0 aliphatic heterocycles. The molecule has 2 nitrogen and oxygen atoms in total. The fraction of sp³-hybridized carbons (Fsp3) is 0.222. The van der Waals surface area contributed by atoms with Crippen LogP contribution in [0.15, 0.2) is 27.5 Å². The maximum atomic E-state index is 12.1. The second-order valence-corrected chi connectivity index (χ2v) is 4.62. The fourth-order valence-corrected chi connectivity index (χ4v) is 2.02. The van der Waals surface area contributed by atoms with Gasteiger partial charge in [0.2, 0.25) is 5.89 Å². The number of fused-ring (bicyclic) bond motifs is 1. The second kappa shape index (κ2) is 4.29. The number of aromatic nitrogens is 1. The number of benzene rings is 1. The van der Waals surface area contributed by atoms with E-state index in [1.807, 2.05) is 0 Å². The summed E-state index contributed by atoms with van der Waals surface area (Å²) in [6.07, 6.45) is 0. The fourth-order valence-electron chi connectivity index (χ4n) is 1.21. The van der Waals surface area contributed by atoms with Gasteiger partial charge >= 0.3 is 5.51 Å². The van der Waals surface area contributed by atoms with Crippen LogP contribution in [0.4, 0.5) is 13.2 Å². The lowest BCUT2D eigenvalue weighted by molar-refractivity contribution is -0.0328. The monoisotopic (exact) mass is 311 g/mol. The number of hydrogen-bond acceptors (Lipinski definition) is 3. The zero-order valence-corrected chi connectivity index (χ0v) is 10.1. The van der Waals surface area contributed by atoms with Crippen molar-refractivity contribution in [1.29, 1.82) is 0 Å². The Balaban J connectivity index is 2.36. The first-order valence-electron chi connectivity index (χ1n) is 4.19. The van der Waals surface area contributed by atoms with Gasteiger partial charge in [0.25, 0.3) is 0 Å². The molecule has 0 saturated heterocycles. The van der Waals surface area contributed by atoms with Gasteiger partial charge in [-0.15, -0.1) is 0 Å². The molecule has 0 fully saturated rings. The highest BCUT2D eigenvalue weighted by Crippen LogP contribution is 2.37. The number of hydrogen-bond donors (Lipinski definition) is 0. The third-order valence-corrected chi connectivity index (χ3v) is 2.95. The molecule has 0 bridgehead atoms. The highest BCUT2D eigenvalue weighted by Gasteiger charge is 2.29. The molecule has 0 spiro atoms. The molecule has 0 N–H and O–H groups in total. The van der Waals surface area contributed by atoms with Crippen LogP contribution in [-0.2, 0) is 5.33 Å². The minimum atomic E-state index is -4.28. The van der Waals surface area contributed by atoms with E-state index in [1.165, 1.54) is 18.2 Å². The lowest BCUT2D eigenvalue weighted by atomic mass is 10.3. The van der Waals surface area contributed by atoms with Gasteiger partial charge in [0.15, 0.2) is 5.58 Å². The Morgan fingerprint density at radius 1 is 1.38 bits per heavy atom. The summed E-state index contributed by atoms with van der Waals surface area (Å²) in [5.74, 6) is 0.448. The molecule has 2 rings (SSSR count). The minimum absolute atomic E-state index is 0.106. The van der Waals surface area contributed by atoms with Crippen molar-refractivity contribution in [2.24, 2.45) is 0 Å². The van der Waals surface area contributed by atoms with E-state index in [-0.39, 0.29) is 16.7 Å². The molecule has 0 aliphatic carbocycles. The van der Waals surface area contributed by atoms with Crippen LogP contribution in [0, 0.1) is 0 Å². The number of halogens is 4. The Bertz CT molecular complexity index is 511. The number of alkyl halides is 4. The number of nitrogens with zero attached hydrogens (tertiary/aromatic N) is 1. The average Bonchev–Trinajstić information content (AvgIpc) is 2.57. The lowest BCUT2D eigenvalue weighted by Gasteiger charge is -2.04. The first-order valence-corrected chi connectivity index (χ1v) is 6.13. The van der Waals surface area contributed by atoms with Crippen LogP contribution in [0.3, 0.4) is 0 Å². The van der Waals surface area contributed by atoms with Crippen LogP contribution in [-0.4, -0.2) is 10.5 Å². The molecule has 0 amide bonds. The normalized spacial score (nSPS) is 12.2. The molecule has 86 valence electrons. The molecule has 0 atom stereocenters. The van der Waals surface area contributed by atoms with Crippen molar-refractivity contribution >= 4 is 38.8 Å². The SMILES string of the molecule is FC(F)(F)Sc1ccc2oc(CBr)nc2c1. The van der Waals surface area contributed by atoms with E-state index in [4.69, 9.17) is 4.42 Å². The average molecular weight is 312 g/mol. The summed E-state index contributed by atoms with van der Waals surface area (Å²) in [5.41, 5.74) is -3.36. The molecule has 1 aromatic carbocycles. The van der Waals surface area contributed by atoms with Crippen molar-refractivity contribution in [1.82, 2.24) is 4.98 Å². The molecule has 2 aromatic rings. The molecule has 16 heavy (non-hydrogen) atoms. The maximum absolute atomic E-state index is 12.1. The Hall–Kier alpha value is -0.690. The van der Waals surface area contributed by atoms with E-state index >= 15 is 0 Å². The zero-order chi connectivity index (χ0) is 11.8. The Kier molecular flexibility index (Phi) is 3.16. The van der Waals surface area contributed by atoms with Gasteiger partial charge in [0.05, 0.1) is 5.33 Å². The first-order chi connectivity index (χ1) is 7.48. The van der Waals surface area contributed by atoms with Crippen molar-refractivity contribution in [3.05, 3.63) is 24.1 Å². The molecule has 1 aromatic heterocycles. The molecule has 0 unspecified atom stereocenters. The molecule has 1 heterocycles. The summed E-state index contributed by atoms with van der Waals surface area (Å²) < 4.78 is 41.6. The number of rotatable bonds is 2. The van der Waals surface area contributed by atoms with E-state index in [0.29, 0.717) is 22.3 Å². The van der Waals surface area contributed by atoms with Crippen LogP contribution < -0.4 is 0 Å². The molecule has 7 heteroatoms. The summed E-state index contributed by atoms with van der Waals surface area (Å²) in [6.45, 7) is 0. The van der Waals surface area contributed by atoms with Crippen molar-refractivity contribution in [2.75, 3.05) is 0 Å². The highest BCUT2D eigenvalue weighted by molar-refractivity contribution is 9.08. The first kappa shape index (κ1) is 11.8. The van der Waals surface area contributed by atoms with Crippen LogP contribution in [0.25, 0.3) is 11.1 Å². The van der Waals surface area contributed by atoms with E-state index < -0.39 is 5.51 Å². The molecular weight excluding hydrogens is 307 g/mol. The third-order valence-electron chi connectivity index (χ3n) is 1.75. The van der Waals surface area contributed by atoms with Gasteiger partial charge in [-0.05, 0) is 30.0 Å². The van der Waals surface area contributed by atoms with Gasteiger partial charge in [0, 0.05) is 4.90 Å². The largest absolute Gasteiger partial charge is 0.446 e. The Labute approximate surface area is 101 Å². The van der Waals surface area contributed by atoms with E-state index in [1.54, 1.807) is 0 Å². The lowest BCUT2D eigenvalue weighted by Crippen LogP contribution is -1.98. The van der Waals surface area contributed by atoms with Crippen LogP contribution in [0.5, 0.6) is 0 Å². The summed E-state index contributed by atoms with van der Waals surface area (Å²) in [5, 5.41) is 0.434. The third kappa shape index (κ3) is 2.70. The van der Waals surface area contributed by atoms with Crippen LogP contribution >= 0.6 is 27.7 Å². The van der Waals surface area contributed by atoms with Crippen LogP contribution in [0.1, 0.15) is 5.89 Å². The van der Waals surface area contributed by atoms with Crippen molar-refractivity contribution in [3.63, 3.8) is 0 Å². The molecule has 0 saturated carbocycles. The number of oxazole rings is 1. The van der Waals surface area contributed by atoms with Gasteiger partial charge < -0.3 is 4.42 Å². The second-order valence-electron chi connectivity index (χ2n) is 2.92. The predicted molar refractivity (Wildman–Crippen MR) is 58.6 cm³/mol. The molecule has 0 radical (unpaired) electrons. The van der Waals surface area contributed by atoms with E-state index in [9.17, 15) is 13.2 Å². The predicted octanol–water partition coefficient (Wildman–Crippen LogP) is 4.33. The van der Waals surface area contributed by atoms with Gasteiger partial charge in [-0.3, -0.25) is 0 Å². The van der Waals surface area contributed by atoms with Crippen molar-refractivity contribution in [2.45, 2.75) is 15.7 Å². The molecule has 0 aliphatic rings. The van der Waals surface area contributed by atoms with Crippen molar-refractivity contribution in [3.8, 4) is 0 Å². The highest BCUT2D eigenvalue weighted by atomic mass is 79.9. The minimum Gasteiger partial charge on any atom is -0.440 e. The van der Waals surface area contributed by atoms with Crippen LogP contribution in [0.2, 0.25) is 0 Å². The summed E-state index contributed by atoms with van der Waals surface area (Å²) in [7, 11) is 0. The van der Waals surface area contributed by atoms with E-state index in [2.05, 4.69) is 20.9 Å². The topological polar surface area (TPSA) is 26.0 Å². The van der Waals surface area contributed by atoms with Gasteiger partial charge in [0.1, 0.15) is 5.52 Å². The van der Waals surface area contributed by atoms with Crippen molar-refractivity contribution < 1.29 is 17.6 Å². The number of thioether (sulfide) groups is 1. The van der Waals surface area contributed by atoms with Gasteiger partial charge in [-0.2, -0.15) is 13.2 Å². The quantitative estimate of drug-likeness (QED) is 0.609. The summed E-state index contributed by atoms with van der Waals surface area (Å²) >= 11 is 3.00. The maximum Gasteiger partial charge on any atom is 0.446 e.